The van der Waals surface area contributed by atoms with E-state index < -0.39 is 0 Å². The summed E-state index contributed by atoms with van der Waals surface area (Å²) in [4.78, 5) is 14.8. The molecule has 0 aliphatic carbocycles. The van der Waals surface area contributed by atoms with E-state index in [-0.39, 0.29) is 5.91 Å². The van der Waals surface area contributed by atoms with Gasteiger partial charge in [0.2, 0.25) is 0 Å². The summed E-state index contributed by atoms with van der Waals surface area (Å²) in [6.45, 7) is 6.08. The predicted molar refractivity (Wildman–Crippen MR) is 75.6 cm³/mol. The molecule has 0 aromatic carbocycles. The van der Waals surface area contributed by atoms with Crippen LogP contribution in [-0.4, -0.2) is 50.1 Å². The van der Waals surface area contributed by atoms with Crippen LogP contribution in [0.2, 0.25) is 5.02 Å². The van der Waals surface area contributed by atoms with Crippen molar-refractivity contribution in [1.29, 1.82) is 0 Å². The third kappa shape index (κ3) is 3.95. The summed E-state index contributed by atoms with van der Waals surface area (Å²) in [6, 6.07) is 1.75. The number of carbonyl (C=O) groups excluding carboxylic acids is 1. The zero-order valence-corrected chi connectivity index (χ0v) is 11.8. The Morgan fingerprint density at radius 3 is 2.94 bits per heavy atom. The molecule has 0 saturated carbocycles. The number of hydrogen-bond acceptors (Lipinski definition) is 4. The molecule has 0 atom stereocenters. The number of piperazine rings is 1. The van der Waals surface area contributed by atoms with Crippen LogP contribution >= 0.6 is 22.9 Å². The molecule has 1 aliphatic heterocycles. The fourth-order valence-corrected chi connectivity index (χ4v) is 3.03. The molecule has 1 saturated heterocycles. The second-order valence-corrected chi connectivity index (χ2v) is 5.62. The smallest absolute Gasteiger partial charge is 0.262 e. The van der Waals surface area contributed by atoms with Gasteiger partial charge in [0.1, 0.15) is 4.88 Å². The molecular weight excluding hydrogens is 270 g/mol. The number of amides is 1. The monoisotopic (exact) mass is 287 g/mol. The summed E-state index contributed by atoms with van der Waals surface area (Å²) in [5, 5.41) is 8.61. The Kier molecular flexibility index (Phi) is 5.44. The molecule has 0 unspecified atom stereocenters. The molecule has 0 spiro atoms. The first-order valence-corrected chi connectivity index (χ1v) is 7.47. The summed E-state index contributed by atoms with van der Waals surface area (Å²) in [7, 11) is 0. The quantitative estimate of drug-likeness (QED) is 0.805. The van der Waals surface area contributed by atoms with Crippen LogP contribution in [0, 0.1) is 0 Å². The first kappa shape index (κ1) is 13.8. The van der Waals surface area contributed by atoms with Gasteiger partial charge in [-0.25, -0.2) is 0 Å². The molecule has 1 amide bonds. The van der Waals surface area contributed by atoms with E-state index in [0.29, 0.717) is 16.4 Å². The molecule has 4 nitrogen and oxygen atoms in total. The van der Waals surface area contributed by atoms with Crippen LogP contribution in [0.5, 0.6) is 0 Å². The van der Waals surface area contributed by atoms with Crippen LogP contribution in [0.1, 0.15) is 16.1 Å². The highest BCUT2D eigenvalue weighted by Gasteiger charge is 2.12. The zero-order valence-electron chi connectivity index (χ0n) is 10.2. The van der Waals surface area contributed by atoms with E-state index in [1.165, 1.54) is 11.3 Å². The van der Waals surface area contributed by atoms with Gasteiger partial charge >= 0.3 is 0 Å². The lowest BCUT2D eigenvalue weighted by Gasteiger charge is -2.27. The minimum absolute atomic E-state index is 0.0599. The van der Waals surface area contributed by atoms with Crippen molar-refractivity contribution < 1.29 is 4.79 Å². The Morgan fingerprint density at radius 2 is 2.28 bits per heavy atom. The van der Waals surface area contributed by atoms with E-state index in [2.05, 4.69) is 15.5 Å². The molecule has 2 heterocycles. The number of carbonyl (C=O) groups is 1. The van der Waals surface area contributed by atoms with Gasteiger partial charge in [0.05, 0.1) is 5.02 Å². The minimum Gasteiger partial charge on any atom is -0.351 e. The first-order chi connectivity index (χ1) is 8.77. The zero-order chi connectivity index (χ0) is 12.8. The highest BCUT2D eigenvalue weighted by molar-refractivity contribution is 7.12. The molecule has 6 heteroatoms. The van der Waals surface area contributed by atoms with Crippen LogP contribution < -0.4 is 10.6 Å². The highest BCUT2D eigenvalue weighted by atomic mass is 35.5. The standard InChI is InChI=1S/C12H18ClN3OS/c13-10-2-9-18-11(10)12(17)15-3-1-6-16-7-4-14-5-8-16/h2,9,14H,1,3-8H2,(H,15,17). The lowest BCUT2D eigenvalue weighted by Crippen LogP contribution is -2.44. The normalized spacial score (nSPS) is 16.7. The van der Waals surface area contributed by atoms with Crippen molar-refractivity contribution in [3.8, 4) is 0 Å². The summed E-state index contributed by atoms with van der Waals surface area (Å²) < 4.78 is 0. The van der Waals surface area contributed by atoms with E-state index >= 15 is 0 Å². The molecule has 1 fully saturated rings. The van der Waals surface area contributed by atoms with E-state index in [9.17, 15) is 4.79 Å². The third-order valence-electron chi connectivity index (χ3n) is 2.97. The Bertz CT molecular complexity index is 390. The first-order valence-electron chi connectivity index (χ1n) is 6.21. The van der Waals surface area contributed by atoms with E-state index in [4.69, 9.17) is 11.6 Å². The summed E-state index contributed by atoms with van der Waals surface area (Å²) >= 11 is 7.28. The van der Waals surface area contributed by atoms with Crippen LogP contribution in [0.4, 0.5) is 0 Å². The summed E-state index contributed by atoms with van der Waals surface area (Å²) in [5.41, 5.74) is 0. The number of nitrogens with one attached hydrogen (secondary N) is 2. The second-order valence-electron chi connectivity index (χ2n) is 4.30. The average molecular weight is 288 g/mol. The van der Waals surface area contributed by atoms with Crippen molar-refractivity contribution in [3.63, 3.8) is 0 Å². The van der Waals surface area contributed by atoms with Gasteiger partial charge in [-0.15, -0.1) is 11.3 Å². The van der Waals surface area contributed by atoms with Crippen molar-refractivity contribution in [2.75, 3.05) is 39.3 Å². The Hall–Kier alpha value is -0.620. The number of rotatable bonds is 5. The molecule has 100 valence electrons. The van der Waals surface area contributed by atoms with Crippen molar-refractivity contribution >= 4 is 28.8 Å². The molecule has 1 aromatic rings. The Labute approximate surface area is 116 Å². The molecular formula is C12H18ClN3OS. The number of nitrogens with zero attached hydrogens (tertiary/aromatic N) is 1. The number of thiophene rings is 1. The van der Waals surface area contributed by atoms with Crippen LogP contribution in [0.3, 0.4) is 0 Å². The van der Waals surface area contributed by atoms with E-state index in [1.54, 1.807) is 6.07 Å². The topological polar surface area (TPSA) is 44.4 Å². The van der Waals surface area contributed by atoms with Gasteiger partial charge in [-0.2, -0.15) is 0 Å². The largest absolute Gasteiger partial charge is 0.351 e. The van der Waals surface area contributed by atoms with Crippen LogP contribution in [0.15, 0.2) is 11.4 Å². The molecule has 2 N–H and O–H groups in total. The van der Waals surface area contributed by atoms with E-state index in [1.807, 2.05) is 5.38 Å². The van der Waals surface area contributed by atoms with Crippen LogP contribution in [-0.2, 0) is 0 Å². The maximum Gasteiger partial charge on any atom is 0.262 e. The highest BCUT2D eigenvalue weighted by Crippen LogP contribution is 2.21. The van der Waals surface area contributed by atoms with Gasteiger partial charge in [0.25, 0.3) is 5.91 Å². The third-order valence-corrected chi connectivity index (χ3v) is 4.31. The molecule has 18 heavy (non-hydrogen) atoms. The van der Waals surface area contributed by atoms with E-state index in [0.717, 1.165) is 39.1 Å². The lowest BCUT2D eigenvalue weighted by atomic mass is 10.3. The SMILES string of the molecule is O=C(NCCCN1CCNCC1)c1sccc1Cl. The molecule has 0 bridgehead atoms. The van der Waals surface area contributed by atoms with Crippen LogP contribution in [0.25, 0.3) is 0 Å². The average Bonchev–Trinajstić information content (AvgIpc) is 2.82. The second kappa shape index (κ2) is 7.09. The fraction of sp³-hybridized carbons (Fsp3) is 0.583. The maximum atomic E-state index is 11.8. The number of halogens is 1. The summed E-state index contributed by atoms with van der Waals surface area (Å²) in [5.74, 6) is -0.0599. The molecule has 1 aromatic heterocycles. The van der Waals surface area contributed by atoms with Gasteiger partial charge in [-0.05, 0) is 24.4 Å². The van der Waals surface area contributed by atoms with Gasteiger partial charge in [0, 0.05) is 32.7 Å². The van der Waals surface area contributed by atoms with Gasteiger partial charge in [-0.3, -0.25) is 4.79 Å². The fourth-order valence-electron chi connectivity index (χ4n) is 1.98. The van der Waals surface area contributed by atoms with Gasteiger partial charge < -0.3 is 15.5 Å². The van der Waals surface area contributed by atoms with Crippen molar-refractivity contribution in [3.05, 3.63) is 21.3 Å². The van der Waals surface area contributed by atoms with Crippen molar-refractivity contribution in [2.45, 2.75) is 6.42 Å². The molecule has 1 aliphatic rings. The van der Waals surface area contributed by atoms with Gasteiger partial charge in [0.15, 0.2) is 0 Å². The van der Waals surface area contributed by atoms with Crippen molar-refractivity contribution in [1.82, 2.24) is 15.5 Å². The Morgan fingerprint density at radius 1 is 1.50 bits per heavy atom. The minimum atomic E-state index is -0.0599. The number of hydrogen-bond donors (Lipinski definition) is 2. The predicted octanol–water partition coefficient (Wildman–Crippen LogP) is 1.43. The Balaban J connectivity index is 1.63. The maximum absolute atomic E-state index is 11.8. The molecule has 0 radical (unpaired) electrons. The van der Waals surface area contributed by atoms with Crippen molar-refractivity contribution in [2.24, 2.45) is 0 Å². The molecule has 2 rings (SSSR count). The summed E-state index contributed by atoms with van der Waals surface area (Å²) in [6.07, 6.45) is 0.981. The lowest BCUT2D eigenvalue weighted by molar-refractivity contribution is 0.0955. The van der Waals surface area contributed by atoms with Gasteiger partial charge in [-0.1, -0.05) is 11.6 Å².